The summed E-state index contributed by atoms with van der Waals surface area (Å²) in [6, 6.07) is 23.5. The highest BCUT2D eigenvalue weighted by Gasteiger charge is 2.31. The Morgan fingerprint density at radius 3 is 2.31 bits per heavy atom. The number of rotatable bonds is 9. The zero-order valence-electron chi connectivity index (χ0n) is 23.0. The molecule has 39 heavy (non-hydrogen) atoms. The summed E-state index contributed by atoms with van der Waals surface area (Å²) in [7, 11) is -3.52. The Hall–Kier alpha value is -3.33. The number of hydrogen-bond acceptors (Lipinski definition) is 6. The van der Waals surface area contributed by atoms with Crippen LogP contribution in [-0.2, 0) is 16.4 Å². The fourth-order valence-corrected chi connectivity index (χ4v) is 6.49. The van der Waals surface area contributed by atoms with Gasteiger partial charge in [-0.05, 0) is 68.1 Å². The summed E-state index contributed by atoms with van der Waals surface area (Å²) in [6.45, 7) is 8.44. The van der Waals surface area contributed by atoms with Crippen LogP contribution in [0, 0.1) is 6.92 Å². The fraction of sp³-hybridized carbons (Fsp3) is 0.355. The third-order valence-electron chi connectivity index (χ3n) is 7.59. The van der Waals surface area contributed by atoms with Crippen molar-refractivity contribution < 1.29 is 8.42 Å². The summed E-state index contributed by atoms with van der Waals surface area (Å²) in [5.41, 5.74) is 4.22. The Labute approximate surface area is 232 Å². The molecule has 1 unspecified atom stereocenters. The van der Waals surface area contributed by atoms with E-state index in [0.717, 1.165) is 53.1 Å². The molecule has 5 rings (SSSR count). The topological polar surface area (TPSA) is 78.4 Å². The molecule has 1 saturated heterocycles. The van der Waals surface area contributed by atoms with Gasteiger partial charge in [0.1, 0.15) is 11.6 Å². The Balaban J connectivity index is 1.31. The van der Waals surface area contributed by atoms with E-state index in [0.29, 0.717) is 31.1 Å². The largest absolute Gasteiger partial charge is 0.339 e. The minimum atomic E-state index is -3.52. The van der Waals surface area contributed by atoms with Crippen LogP contribution < -0.4 is 5.32 Å². The summed E-state index contributed by atoms with van der Waals surface area (Å²) < 4.78 is 28.3. The molecule has 0 bridgehead atoms. The van der Waals surface area contributed by atoms with E-state index in [1.807, 2.05) is 54.6 Å². The van der Waals surface area contributed by atoms with Crippen molar-refractivity contribution in [3.05, 3.63) is 89.7 Å². The van der Waals surface area contributed by atoms with Crippen molar-refractivity contribution in [2.45, 2.75) is 51.0 Å². The molecule has 8 heteroatoms. The molecule has 1 aliphatic rings. The lowest BCUT2D eigenvalue weighted by Gasteiger charge is -2.37. The first-order valence-corrected chi connectivity index (χ1v) is 15.2. The number of benzene rings is 3. The van der Waals surface area contributed by atoms with Crippen LogP contribution >= 0.6 is 0 Å². The average molecular weight is 544 g/mol. The van der Waals surface area contributed by atoms with Crippen molar-refractivity contribution in [3.8, 4) is 0 Å². The molecule has 4 aromatic rings. The summed E-state index contributed by atoms with van der Waals surface area (Å²) in [6.07, 6.45) is 3.21. The van der Waals surface area contributed by atoms with Crippen LogP contribution in [0.15, 0.2) is 77.7 Å². The number of nitrogens with one attached hydrogen (secondary N) is 1. The quantitative estimate of drug-likeness (QED) is 0.275. The van der Waals surface area contributed by atoms with Gasteiger partial charge in [-0.25, -0.2) is 18.4 Å². The molecule has 3 aromatic carbocycles. The smallest absolute Gasteiger partial charge is 0.243 e. The molecular formula is C31H37N5O2S. The van der Waals surface area contributed by atoms with Crippen LogP contribution in [0.4, 0.5) is 11.5 Å². The number of hydrogen-bond donors (Lipinski definition) is 1. The van der Waals surface area contributed by atoms with Crippen LogP contribution in [0.1, 0.15) is 49.7 Å². The van der Waals surface area contributed by atoms with Gasteiger partial charge in [0.2, 0.25) is 10.0 Å². The van der Waals surface area contributed by atoms with Crippen LogP contribution in [0.2, 0.25) is 0 Å². The number of sulfonamides is 1. The Morgan fingerprint density at radius 2 is 1.59 bits per heavy atom. The molecule has 0 saturated carbocycles. The van der Waals surface area contributed by atoms with Gasteiger partial charge < -0.3 is 5.32 Å². The van der Waals surface area contributed by atoms with Crippen LogP contribution in [0.3, 0.4) is 0 Å². The predicted molar refractivity (Wildman–Crippen MR) is 158 cm³/mol. The molecular weight excluding hydrogens is 506 g/mol. The standard InChI is InChI=1S/C31H37N5O2S/c1-4-5-11-25-15-17-26(18-16-25)39(37,38)36-21-19-35(20-22-36)24(3)30-33-29-14-9-7-12-27(29)31(34-30)32-28-13-8-6-10-23(28)2/h6-10,12-18,24H,4-5,11,19-22H2,1-3H3,(H,32,33,34). The minimum Gasteiger partial charge on any atom is -0.339 e. The van der Waals surface area contributed by atoms with Crippen LogP contribution in [0.5, 0.6) is 0 Å². The van der Waals surface area contributed by atoms with E-state index in [2.05, 4.69) is 37.1 Å². The van der Waals surface area contributed by atoms with Crippen molar-refractivity contribution in [2.75, 3.05) is 31.5 Å². The van der Waals surface area contributed by atoms with Crippen molar-refractivity contribution >= 4 is 32.4 Å². The van der Waals surface area contributed by atoms with Gasteiger partial charge in [-0.3, -0.25) is 4.90 Å². The first-order chi connectivity index (χ1) is 18.9. The maximum absolute atomic E-state index is 13.3. The lowest BCUT2D eigenvalue weighted by molar-refractivity contribution is 0.141. The van der Waals surface area contributed by atoms with Gasteiger partial charge in [0.15, 0.2) is 0 Å². The normalized spacial score (nSPS) is 15.9. The molecule has 2 heterocycles. The van der Waals surface area contributed by atoms with Gasteiger partial charge in [0, 0.05) is 37.3 Å². The third-order valence-corrected chi connectivity index (χ3v) is 9.51. The van der Waals surface area contributed by atoms with Crippen molar-refractivity contribution in [3.63, 3.8) is 0 Å². The van der Waals surface area contributed by atoms with Gasteiger partial charge in [-0.15, -0.1) is 0 Å². The van der Waals surface area contributed by atoms with Gasteiger partial charge in [-0.2, -0.15) is 4.31 Å². The number of fused-ring (bicyclic) bond motifs is 1. The molecule has 0 radical (unpaired) electrons. The first-order valence-electron chi connectivity index (χ1n) is 13.8. The van der Waals surface area contributed by atoms with E-state index in [9.17, 15) is 8.42 Å². The minimum absolute atomic E-state index is 0.0604. The summed E-state index contributed by atoms with van der Waals surface area (Å²) >= 11 is 0. The summed E-state index contributed by atoms with van der Waals surface area (Å²) in [5.74, 6) is 1.50. The molecule has 1 aromatic heterocycles. The molecule has 0 spiro atoms. The van der Waals surface area contributed by atoms with E-state index >= 15 is 0 Å². The maximum atomic E-state index is 13.3. The number of aryl methyl sites for hydroxylation is 2. The fourth-order valence-electron chi connectivity index (χ4n) is 5.07. The van der Waals surface area contributed by atoms with E-state index in [1.165, 1.54) is 5.56 Å². The highest BCUT2D eigenvalue weighted by Crippen LogP contribution is 2.29. The van der Waals surface area contributed by atoms with Crippen molar-refractivity contribution in [2.24, 2.45) is 0 Å². The highest BCUT2D eigenvalue weighted by molar-refractivity contribution is 7.89. The Kier molecular flexibility index (Phi) is 8.26. The second-order valence-corrected chi connectivity index (χ2v) is 12.2. The molecule has 7 nitrogen and oxygen atoms in total. The Morgan fingerprint density at radius 1 is 0.897 bits per heavy atom. The molecule has 1 aliphatic heterocycles. The number of aromatic nitrogens is 2. The van der Waals surface area contributed by atoms with Crippen molar-refractivity contribution in [1.82, 2.24) is 19.2 Å². The summed E-state index contributed by atoms with van der Waals surface area (Å²) in [4.78, 5) is 12.5. The molecule has 1 fully saturated rings. The number of para-hydroxylation sites is 2. The summed E-state index contributed by atoms with van der Waals surface area (Å²) in [5, 5.41) is 4.48. The number of unbranched alkanes of at least 4 members (excludes halogenated alkanes) is 1. The number of nitrogens with zero attached hydrogens (tertiary/aromatic N) is 4. The van der Waals surface area contributed by atoms with Gasteiger partial charge >= 0.3 is 0 Å². The van der Waals surface area contributed by atoms with E-state index in [-0.39, 0.29) is 6.04 Å². The molecule has 0 aliphatic carbocycles. The van der Waals surface area contributed by atoms with E-state index in [1.54, 1.807) is 16.4 Å². The molecule has 1 atom stereocenters. The first kappa shape index (κ1) is 27.2. The third kappa shape index (κ3) is 5.98. The molecule has 204 valence electrons. The highest BCUT2D eigenvalue weighted by atomic mass is 32.2. The second-order valence-electron chi connectivity index (χ2n) is 10.3. The predicted octanol–water partition coefficient (Wildman–Crippen LogP) is 6.09. The SMILES string of the molecule is CCCCc1ccc(S(=O)(=O)N2CCN(C(C)c3nc(Nc4ccccc4C)c4ccccc4n3)CC2)cc1. The average Bonchev–Trinajstić information content (AvgIpc) is 2.97. The van der Waals surface area contributed by atoms with Crippen LogP contribution in [-0.4, -0.2) is 53.8 Å². The number of anilines is 2. The zero-order chi connectivity index (χ0) is 27.4. The van der Waals surface area contributed by atoms with Crippen molar-refractivity contribution in [1.29, 1.82) is 0 Å². The van der Waals surface area contributed by atoms with Gasteiger partial charge in [0.25, 0.3) is 0 Å². The lowest BCUT2D eigenvalue weighted by atomic mass is 10.1. The monoisotopic (exact) mass is 543 g/mol. The zero-order valence-corrected chi connectivity index (χ0v) is 23.8. The van der Waals surface area contributed by atoms with E-state index < -0.39 is 10.0 Å². The van der Waals surface area contributed by atoms with Gasteiger partial charge in [-0.1, -0.05) is 55.8 Å². The molecule has 1 N–H and O–H groups in total. The lowest BCUT2D eigenvalue weighted by Crippen LogP contribution is -2.49. The van der Waals surface area contributed by atoms with Gasteiger partial charge in [0.05, 0.1) is 16.5 Å². The second kappa shape index (κ2) is 11.8. The number of piperazine rings is 1. The van der Waals surface area contributed by atoms with Crippen LogP contribution in [0.25, 0.3) is 10.9 Å². The Bertz CT molecular complexity index is 1530. The molecule has 0 amide bonds. The van der Waals surface area contributed by atoms with E-state index in [4.69, 9.17) is 9.97 Å². The maximum Gasteiger partial charge on any atom is 0.243 e.